The third-order valence-corrected chi connectivity index (χ3v) is 7.12. The summed E-state index contributed by atoms with van der Waals surface area (Å²) >= 11 is 0. The summed E-state index contributed by atoms with van der Waals surface area (Å²) < 4.78 is 25.1. The molecule has 6 nitrogen and oxygen atoms in total. The molecule has 1 fully saturated rings. The van der Waals surface area contributed by atoms with Crippen molar-refractivity contribution in [2.24, 2.45) is 0 Å². The van der Waals surface area contributed by atoms with Crippen molar-refractivity contribution in [1.82, 2.24) is 15.1 Å². The Morgan fingerprint density at radius 1 is 1.07 bits per heavy atom. The van der Waals surface area contributed by atoms with Gasteiger partial charge < -0.3 is 5.32 Å². The van der Waals surface area contributed by atoms with Gasteiger partial charge in [0.1, 0.15) is 15.5 Å². The highest BCUT2D eigenvalue weighted by atomic mass is 32.2. The Balaban J connectivity index is 1.61. The summed E-state index contributed by atoms with van der Waals surface area (Å²) in [4.78, 5) is 13.1. The fraction of sp³-hybridized carbons (Fsp3) is 0.304. The van der Waals surface area contributed by atoms with Crippen LogP contribution in [0.3, 0.4) is 0 Å². The number of nitrogens with zero attached hydrogens (tertiary/aromatic N) is 2. The number of carbonyl (C=O) groups excluding carboxylic acids is 1. The summed E-state index contributed by atoms with van der Waals surface area (Å²) in [5.74, 6) is 0.0284. The molecule has 0 atom stereocenters. The van der Waals surface area contributed by atoms with E-state index < -0.39 is 9.84 Å². The van der Waals surface area contributed by atoms with Gasteiger partial charge >= 0.3 is 0 Å². The van der Waals surface area contributed by atoms with E-state index in [9.17, 15) is 13.2 Å². The third-order valence-electron chi connectivity index (χ3n) is 5.41. The number of sulfone groups is 1. The molecule has 7 heteroatoms. The molecule has 1 N–H and O–H groups in total. The second-order valence-corrected chi connectivity index (χ2v) is 10.1. The molecule has 2 heterocycles. The summed E-state index contributed by atoms with van der Waals surface area (Å²) in [6.45, 7) is 2.58. The number of carbonyl (C=O) groups is 1. The van der Waals surface area contributed by atoms with Crippen LogP contribution in [-0.4, -0.2) is 41.7 Å². The van der Waals surface area contributed by atoms with Gasteiger partial charge in [-0.1, -0.05) is 60.2 Å². The maximum Gasteiger partial charge on any atom is 0.255 e. The summed E-state index contributed by atoms with van der Waals surface area (Å²) in [6, 6.07) is 17.8. The average molecular weight is 424 g/mol. The lowest BCUT2D eigenvalue weighted by Crippen LogP contribution is -2.40. The Bertz CT molecular complexity index is 1120. The first-order chi connectivity index (χ1) is 14.4. The average Bonchev–Trinajstić information content (AvgIpc) is 3.15. The zero-order chi connectivity index (χ0) is 21.1. The van der Waals surface area contributed by atoms with Crippen LogP contribution in [0.4, 0.5) is 0 Å². The Hall–Kier alpha value is -2.93. The highest BCUT2D eigenvalue weighted by molar-refractivity contribution is 7.91. The molecule has 156 valence electrons. The summed E-state index contributed by atoms with van der Waals surface area (Å²) in [7, 11) is -2.97. The standard InChI is InChI=1S/C23H25N3O3S/c1-17-7-9-19(10-8-17)22-21(16-26(25-22)15-18-5-3-2-4-6-18)23(27)24-20-11-13-30(28,29)14-12-20/h2-10,16,20H,11-15H2,1H3,(H,24,27). The van der Waals surface area contributed by atoms with Gasteiger partial charge in [0.15, 0.2) is 0 Å². The monoisotopic (exact) mass is 423 g/mol. The van der Waals surface area contributed by atoms with E-state index in [0.29, 0.717) is 30.6 Å². The van der Waals surface area contributed by atoms with E-state index in [-0.39, 0.29) is 23.5 Å². The van der Waals surface area contributed by atoms with Gasteiger partial charge in [0.05, 0.1) is 23.6 Å². The van der Waals surface area contributed by atoms with Gasteiger partial charge in [-0.3, -0.25) is 9.48 Å². The molecule has 0 bridgehead atoms. The second-order valence-electron chi connectivity index (χ2n) is 7.84. The molecular formula is C23H25N3O3S. The molecule has 4 rings (SSSR count). The molecule has 2 aromatic carbocycles. The third kappa shape index (κ3) is 4.79. The number of nitrogens with one attached hydrogen (secondary N) is 1. The molecule has 1 aliphatic rings. The topological polar surface area (TPSA) is 81.1 Å². The Morgan fingerprint density at radius 3 is 2.40 bits per heavy atom. The smallest absolute Gasteiger partial charge is 0.255 e. The first-order valence-corrected chi connectivity index (χ1v) is 11.9. The van der Waals surface area contributed by atoms with E-state index in [1.54, 1.807) is 10.9 Å². The van der Waals surface area contributed by atoms with Crippen LogP contribution >= 0.6 is 0 Å². The largest absolute Gasteiger partial charge is 0.349 e. The first kappa shape index (κ1) is 20.3. The normalized spacial score (nSPS) is 16.3. The summed E-state index contributed by atoms with van der Waals surface area (Å²) in [5.41, 5.74) is 4.25. The molecule has 1 aromatic heterocycles. The van der Waals surface area contributed by atoms with Crippen LogP contribution in [0.5, 0.6) is 0 Å². The van der Waals surface area contributed by atoms with Crippen LogP contribution in [0.1, 0.15) is 34.3 Å². The second kappa shape index (κ2) is 8.44. The lowest BCUT2D eigenvalue weighted by atomic mass is 10.1. The van der Waals surface area contributed by atoms with Crippen LogP contribution < -0.4 is 5.32 Å². The zero-order valence-corrected chi connectivity index (χ0v) is 17.7. The number of amides is 1. The number of aryl methyl sites for hydroxylation is 1. The van der Waals surface area contributed by atoms with E-state index in [2.05, 4.69) is 5.32 Å². The van der Waals surface area contributed by atoms with E-state index >= 15 is 0 Å². The van der Waals surface area contributed by atoms with Gasteiger partial charge in [-0.15, -0.1) is 0 Å². The van der Waals surface area contributed by atoms with Crippen molar-refractivity contribution in [3.63, 3.8) is 0 Å². The molecule has 0 aliphatic carbocycles. The quantitative estimate of drug-likeness (QED) is 0.683. The molecule has 0 unspecified atom stereocenters. The molecule has 1 aliphatic heterocycles. The van der Waals surface area contributed by atoms with E-state index in [4.69, 9.17) is 5.10 Å². The van der Waals surface area contributed by atoms with Crippen molar-refractivity contribution >= 4 is 15.7 Å². The molecule has 1 saturated heterocycles. The predicted molar refractivity (Wildman–Crippen MR) is 117 cm³/mol. The molecule has 0 radical (unpaired) electrons. The number of benzene rings is 2. The van der Waals surface area contributed by atoms with Gasteiger partial charge in [-0.05, 0) is 25.3 Å². The van der Waals surface area contributed by atoms with E-state index in [0.717, 1.165) is 16.7 Å². The van der Waals surface area contributed by atoms with Crippen LogP contribution in [0, 0.1) is 6.92 Å². The van der Waals surface area contributed by atoms with Crippen LogP contribution in [0.25, 0.3) is 11.3 Å². The van der Waals surface area contributed by atoms with Gasteiger partial charge in [0.2, 0.25) is 0 Å². The number of hydrogen-bond acceptors (Lipinski definition) is 4. The maximum absolute atomic E-state index is 13.1. The lowest BCUT2D eigenvalue weighted by Gasteiger charge is -2.22. The number of aromatic nitrogens is 2. The first-order valence-electron chi connectivity index (χ1n) is 10.1. The van der Waals surface area contributed by atoms with Gasteiger partial charge in [-0.2, -0.15) is 5.10 Å². The predicted octanol–water partition coefficient (Wildman–Crippen LogP) is 3.21. The van der Waals surface area contributed by atoms with E-state index in [1.807, 2.05) is 61.5 Å². The Kier molecular flexibility index (Phi) is 5.72. The van der Waals surface area contributed by atoms with Crippen molar-refractivity contribution in [1.29, 1.82) is 0 Å². The highest BCUT2D eigenvalue weighted by Gasteiger charge is 2.26. The maximum atomic E-state index is 13.1. The fourth-order valence-corrected chi connectivity index (χ4v) is 5.15. The number of rotatable bonds is 5. The van der Waals surface area contributed by atoms with Crippen molar-refractivity contribution in [2.75, 3.05) is 11.5 Å². The SMILES string of the molecule is Cc1ccc(-c2nn(Cc3ccccc3)cc2C(=O)NC2CCS(=O)(=O)CC2)cc1. The Morgan fingerprint density at radius 2 is 1.73 bits per heavy atom. The molecular weight excluding hydrogens is 398 g/mol. The molecule has 3 aromatic rings. The van der Waals surface area contributed by atoms with Crippen molar-refractivity contribution in [3.8, 4) is 11.3 Å². The molecule has 0 spiro atoms. The Labute approximate surface area is 176 Å². The lowest BCUT2D eigenvalue weighted by molar-refractivity contribution is 0.0935. The van der Waals surface area contributed by atoms with Crippen molar-refractivity contribution < 1.29 is 13.2 Å². The summed E-state index contributed by atoms with van der Waals surface area (Å²) in [6.07, 6.45) is 2.68. The van der Waals surface area contributed by atoms with Gasteiger partial charge in [0.25, 0.3) is 5.91 Å². The van der Waals surface area contributed by atoms with Crippen LogP contribution in [-0.2, 0) is 16.4 Å². The van der Waals surface area contributed by atoms with Crippen molar-refractivity contribution in [3.05, 3.63) is 77.5 Å². The van der Waals surface area contributed by atoms with Gasteiger partial charge in [-0.25, -0.2) is 8.42 Å². The minimum atomic E-state index is -2.97. The molecule has 0 saturated carbocycles. The minimum absolute atomic E-state index is 0.121. The van der Waals surface area contributed by atoms with E-state index in [1.165, 1.54) is 0 Å². The molecule has 30 heavy (non-hydrogen) atoms. The number of hydrogen-bond donors (Lipinski definition) is 1. The highest BCUT2D eigenvalue weighted by Crippen LogP contribution is 2.24. The minimum Gasteiger partial charge on any atom is -0.349 e. The zero-order valence-electron chi connectivity index (χ0n) is 16.9. The van der Waals surface area contributed by atoms with Crippen LogP contribution in [0.15, 0.2) is 60.8 Å². The molecule has 1 amide bonds. The van der Waals surface area contributed by atoms with Crippen molar-refractivity contribution in [2.45, 2.75) is 32.4 Å². The summed E-state index contributed by atoms with van der Waals surface area (Å²) in [5, 5.41) is 7.72. The van der Waals surface area contributed by atoms with Crippen LogP contribution in [0.2, 0.25) is 0 Å². The van der Waals surface area contributed by atoms with Gasteiger partial charge in [0, 0.05) is 17.8 Å². The fourth-order valence-electron chi connectivity index (χ4n) is 3.66.